The Labute approximate surface area is 215 Å². The predicted octanol–water partition coefficient (Wildman–Crippen LogP) is 1.42. The number of hydrogen-bond acceptors (Lipinski definition) is 8. The van der Waals surface area contributed by atoms with Crippen LogP contribution in [0.25, 0.3) is 39.0 Å². The van der Waals surface area contributed by atoms with E-state index in [1.165, 1.54) is 13.1 Å². The molecular weight excluding hydrogens is 488 g/mol. The summed E-state index contributed by atoms with van der Waals surface area (Å²) < 4.78 is 3.22. The summed E-state index contributed by atoms with van der Waals surface area (Å²) >= 11 is 0. The van der Waals surface area contributed by atoms with Gasteiger partial charge >= 0.3 is 5.69 Å². The van der Waals surface area contributed by atoms with Gasteiger partial charge in [-0.2, -0.15) is 5.10 Å². The first-order chi connectivity index (χ1) is 18.4. The summed E-state index contributed by atoms with van der Waals surface area (Å²) in [5, 5.41) is 14.1. The Morgan fingerprint density at radius 1 is 1.11 bits per heavy atom. The number of carbonyl (C=O) groups is 1. The quantitative estimate of drug-likeness (QED) is 0.343. The molecule has 1 atom stereocenters. The molecule has 12 nitrogen and oxygen atoms in total. The van der Waals surface area contributed by atoms with Gasteiger partial charge in [0.25, 0.3) is 11.5 Å². The number of pyridine rings is 3. The van der Waals surface area contributed by atoms with Crippen molar-refractivity contribution in [3.63, 3.8) is 0 Å². The van der Waals surface area contributed by atoms with E-state index in [1.54, 1.807) is 38.8 Å². The van der Waals surface area contributed by atoms with Crippen molar-refractivity contribution in [1.29, 1.82) is 0 Å². The van der Waals surface area contributed by atoms with E-state index in [2.05, 4.69) is 20.1 Å². The zero-order chi connectivity index (χ0) is 26.4. The number of aromatic amines is 1. The average Bonchev–Trinajstić information content (AvgIpc) is 3.48. The lowest BCUT2D eigenvalue weighted by atomic mass is 10.0. The second kappa shape index (κ2) is 9.30. The molecule has 0 aromatic carbocycles. The van der Waals surface area contributed by atoms with Crippen molar-refractivity contribution in [3.05, 3.63) is 76.0 Å². The van der Waals surface area contributed by atoms with Crippen LogP contribution in [-0.2, 0) is 4.79 Å². The molecule has 0 bridgehead atoms. The fourth-order valence-corrected chi connectivity index (χ4v) is 4.98. The molecule has 192 valence electrons. The monoisotopic (exact) mass is 512 g/mol. The summed E-state index contributed by atoms with van der Waals surface area (Å²) in [6.07, 6.45) is 6.52. The number of nitrogens with one attached hydrogen (secondary N) is 1. The number of nitrogens with zero attached hydrogens (tertiary/aromatic N) is 7. The number of fused-ring (bicyclic) bond motifs is 3. The Morgan fingerprint density at radius 3 is 2.61 bits per heavy atom. The van der Waals surface area contributed by atoms with Crippen LogP contribution in [0.4, 0.5) is 0 Å². The highest BCUT2D eigenvalue weighted by atomic mass is 16.3. The van der Waals surface area contributed by atoms with E-state index in [9.17, 15) is 19.5 Å². The number of aliphatic hydroxyl groups is 1. The summed E-state index contributed by atoms with van der Waals surface area (Å²) in [5.74, 6) is 0.322. The Kier molecular flexibility index (Phi) is 5.80. The number of carbonyl (C=O) groups excluding carboxylic acids is 1. The second-order valence-electron chi connectivity index (χ2n) is 9.30. The Balaban J connectivity index is 1.45. The maximum atomic E-state index is 13.1. The van der Waals surface area contributed by atoms with Gasteiger partial charge in [0.15, 0.2) is 5.82 Å². The summed E-state index contributed by atoms with van der Waals surface area (Å²) in [7, 11) is 0. The number of hydrogen-bond donors (Lipinski definition) is 2. The molecule has 1 aliphatic heterocycles. The van der Waals surface area contributed by atoms with Crippen molar-refractivity contribution in [2.45, 2.75) is 31.9 Å². The van der Waals surface area contributed by atoms with Crippen LogP contribution in [0.1, 0.15) is 25.8 Å². The smallest absolute Gasteiger partial charge is 0.329 e. The minimum Gasteiger partial charge on any atom is -0.384 e. The van der Waals surface area contributed by atoms with Gasteiger partial charge in [0, 0.05) is 49.5 Å². The lowest BCUT2D eigenvalue weighted by molar-refractivity contribution is -0.140. The Hall–Kier alpha value is -4.71. The van der Waals surface area contributed by atoms with Crippen LogP contribution < -0.4 is 11.2 Å². The largest absolute Gasteiger partial charge is 0.384 e. The number of rotatable bonds is 4. The van der Waals surface area contributed by atoms with Crippen molar-refractivity contribution in [1.82, 2.24) is 39.2 Å². The molecule has 0 aliphatic carbocycles. The van der Waals surface area contributed by atoms with Crippen molar-refractivity contribution in [2.75, 3.05) is 13.1 Å². The fraction of sp³-hybridized carbons (Fsp3) is 0.269. The minimum atomic E-state index is -1.08. The number of amides is 1. The number of piperidine rings is 1. The first-order valence-electron chi connectivity index (χ1n) is 12.3. The Bertz CT molecular complexity index is 1770. The minimum absolute atomic E-state index is 0.261. The van der Waals surface area contributed by atoms with Crippen LogP contribution in [0.3, 0.4) is 0 Å². The van der Waals surface area contributed by atoms with Gasteiger partial charge in [-0.25, -0.2) is 19.4 Å². The fourth-order valence-electron chi connectivity index (χ4n) is 4.98. The van der Waals surface area contributed by atoms with Gasteiger partial charge < -0.3 is 10.0 Å². The molecule has 0 spiro atoms. The van der Waals surface area contributed by atoms with Gasteiger partial charge in [-0.1, -0.05) is 0 Å². The predicted molar refractivity (Wildman–Crippen MR) is 139 cm³/mol. The standard InChI is InChI=1S/C26H24N8O4/c1-15(35)25(37)32-11-7-17(8-12-32)34-23-18(24(36)31-26(34)38)14-27-20-5-4-19(30-22(20)23)16-3-6-21(28-13-16)33-10-2-9-29-33/h2-6,9-10,13-15,17,35H,7-8,11-12H2,1H3,(H,31,36,38)/t15-/m0/s1. The number of H-pyrrole nitrogens is 1. The van der Waals surface area contributed by atoms with Crippen LogP contribution in [0, 0.1) is 0 Å². The molecule has 1 saturated heterocycles. The highest BCUT2D eigenvalue weighted by Gasteiger charge is 2.28. The zero-order valence-corrected chi connectivity index (χ0v) is 20.5. The number of aromatic nitrogens is 7. The first-order valence-corrected chi connectivity index (χ1v) is 12.3. The van der Waals surface area contributed by atoms with Crippen molar-refractivity contribution in [3.8, 4) is 17.1 Å². The maximum Gasteiger partial charge on any atom is 0.329 e. The normalized spacial score (nSPS) is 15.3. The van der Waals surface area contributed by atoms with Gasteiger partial charge in [0.05, 0.1) is 22.1 Å². The van der Waals surface area contributed by atoms with E-state index in [0.29, 0.717) is 54.0 Å². The Morgan fingerprint density at radius 2 is 1.92 bits per heavy atom. The second-order valence-corrected chi connectivity index (χ2v) is 9.30. The van der Waals surface area contributed by atoms with Crippen molar-refractivity contribution >= 4 is 27.8 Å². The van der Waals surface area contributed by atoms with Gasteiger partial charge in [0.2, 0.25) is 0 Å². The van der Waals surface area contributed by atoms with Crippen LogP contribution in [0.15, 0.2) is 64.7 Å². The highest BCUT2D eigenvalue weighted by molar-refractivity contribution is 6.01. The van der Waals surface area contributed by atoms with E-state index >= 15 is 0 Å². The molecule has 1 fully saturated rings. The third-order valence-corrected chi connectivity index (χ3v) is 6.89. The maximum absolute atomic E-state index is 13.1. The number of aliphatic hydroxyl groups excluding tert-OH is 1. The lowest BCUT2D eigenvalue weighted by Crippen LogP contribution is -2.45. The van der Waals surface area contributed by atoms with Crippen LogP contribution >= 0.6 is 0 Å². The molecule has 12 heteroatoms. The van der Waals surface area contributed by atoms with E-state index in [-0.39, 0.29) is 17.3 Å². The molecule has 6 rings (SSSR count). The molecule has 0 unspecified atom stereocenters. The molecule has 1 aliphatic rings. The molecular formula is C26H24N8O4. The molecule has 1 amide bonds. The molecule has 5 aromatic heterocycles. The highest BCUT2D eigenvalue weighted by Crippen LogP contribution is 2.29. The van der Waals surface area contributed by atoms with Crippen molar-refractivity contribution < 1.29 is 9.90 Å². The molecule has 0 saturated carbocycles. The van der Waals surface area contributed by atoms with E-state index in [4.69, 9.17) is 4.98 Å². The SMILES string of the molecule is C[C@H](O)C(=O)N1CCC(n2c(=O)[nH]c(=O)c3cnc4ccc(-c5ccc(-n6cccn6)nc5)nc4c32)CC1. The third kappa shape index (κ3) is 4.04. The summed E-state index contributed by atoms with van der Waals surface area (Å²) in [6.45, 7) is 2.21. The van der Waals surface area contributed by atoms with Crippen molar-refractivity contribution in [2.24, 2.45) is 0 Å². The lowest BCUT2D eigenvalue weighted by Gasteiger charge is -2.34. The van der Waals surface area contributed by atoms with Gasteiger partial charge in [-0.3, -0.25) is 24.1 Å². The topological polar surface area (TPSA) is 152 Å². The average molecular weight is 513 g/mol. The van der Waals surface area contributed by atoms with Crippen LogP contribution in [0.2, 0.25) is 0 Å². The van der Waals surface area contributed by atoms with Gasteiger partial charge in [0.1, 0.15) is 11.6 Å². The van der Waals surface area contributed by atoms with E-state index in [0.717, 1.165) is 5.56 Å². The summed E-state index contributed by atoms with van der Waals surface area (Å²) in [4.78, 5) is 55.9. The molecule has 38 heavy (non-hydrogen) atoms. The molecule has 6 heterocycles. The molecule has 2 N–H and O–H groups in total. The zero-order valence-electron chi connectivity index (χ0n) is 20.5. The van der Waals surface area contributed by atoms with Crippen LogP contribution in [-0.4, -0.2) is 69.4 Å². The van der Waals surface area contributed by atoms with Gasteiger partial charge in [-0.15, -0.1) is 0 Å². The van der Waals surface area contributed by atoms with E-state index < -0.39 is 17.4 Å². The third-order valence-electron chi connectivity index (χ3n) is 6.89. The van der Waals surface area contributed by atoms with Crippen LogP contribution in [0.5, 0.6) is 0 Å². The first kappa shape index (κ1) is 23.7. The molecule has 5 aromatic rings. The van der Waals surface area contributed by atoms with Gasteiger partial charge in [-0.05, 0) is 50.1 Å². The summed E-state index contributed by atoms with van der Waals surface area (Å²) in [5.41, 5.74) is 1.69. The van der Waals surface area contributed by atoms with E-state index in [1.807, 2.05) is 24.3 Å². The number of likely N-dealkylation sites (tertiary alicyclic amines) is 1. The molecule has 0 radical (unpaired) electrons. The summed E-state index contributed by atoms with van der Waals surface area (Å²) in [6, 6.07) is 8.88.